The van der Waals surface area contributed by atoms with Gasteiger partial charge in [-0.25, -0.2) is 0 Å². The van der Waals surface area contributed by atoms with Gasteiger partial charge in [-0.2, -0.15) is 0 Å². The Bertz CT molecular complexity index is 382. The topological polar surface area (TPSA) is 42.4 Å². The monoisotopic (exact) mass is 252 g/mol. The molecule has 3 nitrogen and oxygen atoms in total. The van der Waals surface area contributed by atoms with E-state index >= 15 is 0 Å². The van der Waals surface area contributed by atoms with Crippen molar-refractivity contribution in [3.05, 3.63) is 23.2 Å². The number of nitrogens with zero attached hydrogens (tertiary/aromatic N) is 1. The Morgan fingerprint density at radius 3 is 2.39 bits per heavy atom. The fraction of sp³-hybridized carbons (Fsp3) is 0.733. The first-order chi connectivity index (χ1) is 8.30. The third-order valence-electron chi connectivity index (χ3n) is 3.67. The standard InChI is InChI=1S/C15H28N2O/c1-7-17(10-15(5,6)9-16)12(3)14-8-11(2)18-13(14)4/h8,12H,7,9-10,16H2,1-6H3. The zero-order chi connectivity index (χ0) is 13.9. The van der Waals surface area contributed by atoms with Crippen LogP contribution in [0.3, 0.4) is 0 Å². The number of aryl methyl sites for hydroxylation is 2. The highest BCUT2D eigenvalue weighted by molar-refractivity contribution is 5.23. The summed E-state index contributed by atoms with van der Waals surface area (Å²) in [5.41, 5.74) is 7.28. The van der Waals surface area contributed by atoms with E-state index in [1.54, 1.807) is 0 Å². The highest BCUT2D eigenvalue weighted by Gasteiger charge is 2.25. The van der Waals surface area contributed by atoms with E-state index in [2.05, 4.69) is 38.7 Å². The summed E-state index contributed by atoms with van der Waals surface area (Å²) in [6.07, 6.45) is 0. The van der Waals surface area contributed by atoms with Gasteiger partial charge in [0.05, 0.1) is 0 Å². The van der Waals surface area contributed by atoms with Gasteiger partial charge >= 0.3 is 0 Å². The van der Waals surface area contributed by atoms with Gasteiger partial charge in [0.15, 0.2) is 0 Å². The largest absolute Gasteiger partial charge is 0.466 e. The lowest BCUT2D eigenvalue weighted by Gasteiger charge is -2.35. The van der Waals surface area contributed by atoms with E-state index in [1.165, 1.54) is 5.56 Å². The molecule has 3 heteroatoms. The highest BCUT2D eigenvalue weighted by Crippen LogP contribution is 2.28. The first-order valence-corrected chi connectivity index (χ1v) is 6.81. The molecule has 18 heavy (non-hydrogen) atoms. The molecule has 0 fully saturated rings. The van der Waals surface area contributed by atoms with E-state index in [1.807, 2.05) is 13.8 Å². The molecular weight excluding hydrogens is 224 g/mol. The first-order valence-electron chi connectivity index (χ1n) is 6.81. The second-order valence-corrected chi connectivity index (χ2v) is 5.98. The van der Waals surface area contributed by atoms with Crippen molar-refractivity contribution in [1.29, 1.82) is 0 Å². The molecule has 0 aromatic carbocycles. The van der Waals surface area contributed by atoms with E-state index in [9.17, 15) is 0 Å². The second-order valence-electron chi connectivity index (χ2n) is 5.98. The molecule has 0 spiro atoms. The Balaban J connectivity index is 2.86. The molecular formula is C15H28N2O. The van der Waals surface area contributed by atoms with Crippen LogP contribution in [0.5, 0.6) is 0 Å². The van der Waals surface area contributed by atoms with Gasteiger partial charge in [-0.05, 0) is 45.3 Å². The van der Waals surface area contributed by atoms with Crippen LogP contribution in [-0.2, 0) is 0 Å². The average molecular weight is 252 g/mol. The molecule has 0 amide bonds. The lowest BCUT2D eigenvalue weighted by molar-refractivity contribution is 0.147. The zero-order valence-electron chi connectivity index (χ0n) is 12.7. The van der Waals surface area contributed by atoms with Crippen molar-refractivity contribution in [1.82, 2.24) is 4.90 Å². The van der Waals surface area contributed by atoms with Crippen LogP contribution in [0.25, 0.3) is 0 Å². The molecule has 0 saturated carbocycles. The fourth-order valence-electron chi connectivity index (χ4n) is 2.40. The average Bonchev–Trinajstić information content (AvgIpc) is 2.64. The molecule has 1 aromatic rings. The van der Waals surface area contributed by atoms with Crippen LogP contribution >= 0.6 is 0 Å². The Labute approximate surface area is 111 Å². The second kappa shape index (κ2) is 5.89. The molecule has 2 N–H and O–H groups in total. The molecule has 0 aliphatic heterocycles. The fourth-order valence-corrected chi connectivity index (χ4v) is 2.40. The Morgan fingerprint density at radius 2 is 2.00 bits per heavy atom. The van der Waals surface area contributed by atoms with Crippen molar-refractivity contribution < 1.29 is 4.42 Å². The van der Waals surface area contributed by atoms with Crippen LogP contribution in [0.15, 0.2) is 10.5 Å². The predicted molar refractivity (Wildman–Crippen MR) is 76.7 cm³/mol. The summed E-state index contributed by atoms with van der Waals surface area (Å²) in [5, 5.41) is 0. The summed E-state index contributed by atoms with van der Waals surface area (Å²) in [4.78, 5) is 2.46. The van der Waals surface area contributed by atoms with Gasteiger partial charge < -0.3 is 10.2 Å². The van der Waals surface area contributed by atoms with Crippen molar-refractivity contribution in [2.45, 2.75) is 47.6 Å². The van der Waals surface area contributed by atoms with Crippen LogP contribution in [0.2, 0.25) is 0 Å². The quantitative estimate of drug-likeness (QED) is 0.845. The van der Waals surface area contributed by atoms with Crippen LogP contribution in [0.4, 0.5) is 0 Å². The van der Waals surface area contributed by atoms with Crippen LogP contribution in [-0.4, -0.2) is 24.5 Å². The first kappa shape index (κ1) is 15.3. The van der Waals surface area contributed by atoms with Gasteiger partial charge in [-0.1, -0.05) is 20.8 Å². The van der Waals surface area contributed by atoms with Gasteiger partial charge in [0.25, 0.3) is 0 Å². The van der Waals surface area contributed by atoms with Crippen molar-refractivity contribution in [2.24, 2.45) is 11.1 Å². The minimum absolute atomic E-state index is 0.150. The SMILES string of the molecule is CCN(CC(C)(C)CN)C(C)c1cc(C)oc1C. The van der Waals surface area contributed by atoms with E-state index in [0.29, 0.717) is 12.6 Å². The molecule has 104 valence electrons. The normalized spacial score (nSPS) is 14.2. The molecule has 0 radical (unpaired) electrons. The number of hydrogen-bond donors (Lipinski definition) is 1. The van der Waals surface area contributed by atoms with Crippen molar-refractivity contribution in [2.75, 3.05) is 19.6 Å². The minimum Gasteiger partial charge on any atom is -0.466 e. The lowest BCUT2D eigenvalue weighted by Crippen LogP contribution is -2.40. The Morgan fingerprint density at radius 1 is 1.39 bits per heavy atom. The van der Waals surface area contributed by atoms with Crippen LogP contribution in [0.1, 0.15) is 50.8 Å². The van der Waals surface area contributed by atoms with Crippen molar-refractivity contribution in [3.8, 4) is 0 Å². The van der Waals surface area contributed by atoms with Crippen LogP contribution < -0.4 is 5.73 Å². The Kier molecular flexibility index (Phi) is 5.00. The van der Waals surface area contributed by atoms with E-state index in [0.717, 1.165) is 24.6 Å². The van der Waals surface area contributed by atoms with Gasteiger partial charge in [0, 0.05) is 18.2 Å². The third-order valence-corrected chi connectivity index (χ3v) is 3.67. The predicted octanol–water partition coefficient (Wildman–Crippen LogP) is 3.26. The smallest absolute Gasteiger partial charge is 0.105 e. The number of hydrogen-bond acceptors (Lipinski definition) is 3. The van der Waals surface area contributed by atoms with Crippen molar-refractivity contribution in [3.63, 3.8) is 0 Å². The van der Waals surface area contributed by atoms with Crippen LogP contribution in [0, 0.1) is 19.3 Å². The molecule has 1 heterocycles. The summed E-state index contributed by atoms with van der Waals surface area (Å²) < 4.78 is 5.64. The maximum Gasteiger partial charge on any atom is 0.105 e. The molecule has 1 unspecified atom stereocenters. The summed E-state index contributed by atoms with van der Waals surface area (Å²) in [7, 11) is 0. The summed E-state index contributed by atoms with van der Waals surface area (Å²) >= 11 is 0. The third kappa shape index (κ3) is 3.59. The Hall–Kier alpha value is -0.800. The summed E-state index contributed by atoms with van der Waals surface area (Å²) in [5.74, 6) is 2.02. The highest BCUT2D eigenvalue weighted by atomic mass is 16.3. The maximum atomic E-state index is 5.84. The maximum absolute atomic E-state index is 5.84. The minimum atomic E-state index is 0.150. The molecule has 0 aliphatic rings. The van der Waals surface area contributed by atoms with Gasteiger partial charge in [0.1, 0.15) is 11.5 Å². The molecule has 0 saturated heterocycles. The lowest BCUT2D eigenvalue weighted by atomic mass is 9.92. The number of rotatable bonds is 6. The van der Waals surface area contributed by atoms with Gasteiger partial charge in [-0.3, -0.25) is 4.90 Å². The summed E-state index contributed by atoms with van der Waals surface area (Å²) in [6.45, 7) is 15.7. The molecule has 0 bridgehead atoms. The van der Waals surface area contributed by atoms with Gasteiger partial charge in [-0.15, -0.1) is 0 Å². The van der Waals surface area contributed by atoms with Crippen molar-refractivity contribution >= 4 is 0 Å². The number of furan rings is 1. The van der Waals surface area contributed by atoms with E-state index < -0.39 is 0 Å². The zero-order valence-corrected chi connectivity index (χ0v) is 12.7. The van der Waals surface area contributed by atoms with Gasteiger partial charge in [0.2, 0.25) is 0 Å². The molecule has 1 atom stereocenters. The molecule has 1 aromatic heterocycles. The summed E-state index contributed by atoms with van der Waals surface area (Å²) in [6, 6.07) is 2.52. The van der Waals surface area contributed by atoms with E-state index in [4.69, 9.17) is 10.2 Å². The van der Waals surface area contributed by atoms with E-state index in [-0.39, 0.29) is 5.41 Å². The molecule has 0 aliphatic carbocycles. The molecule has 1 rings (SSSR count). The number of nitrogens with two attached hydrogens (primary N) is 1.